The molecular weight excluding hydrogens is 430 g/mol. The van der Waals surface area contributed by atoms with E-state index in [4.69, 9.17) is 10.1 Å². The van der Waals surface area contributed by atoms with Crippen LogP contribution in [0.25, 0.3) is 11.1 Å². The molecule has 2 N–H and O–H groups in total. The van der Waals surface area contributed by atoms with E-state index >= 15 is 0 Å². The van der Waals surface area contributed by atoms with Gasteiger partial charge in [0.05, 0.1) is 5.01 Å². The molecule has 1 fully saturated rings. The first-order valence-electron chi connectivity index (χ1n) is 11.9. The predicted octanol–water partition coefficient (Wildman–Crippen LogP) is 5.71. The number of piperidine rings is 1. The lowest BCUT2D eigenvalue weighted by Crippen LogP contribution is -2.33. The lowest BCUT2D eigenvalue weighted by atomic mass is 9.97. The maximum atomic E-state index is 13.0. The van der Waals surface area contributed by atoms with Crippen LogP contribution in [-0.2, 0) is 0 Å². The van der Waals surface area contributed by atoms with Crippen LogP contribution in [0, 0.1) is 6.92 Å². The zero-order chi connectivity index (χ0) is 23.0. The van der Waals surface area contributed by atoms with Gasteiger partial charge in [0.15, 0.2) is 0 Å². The highest BCUT2D eigenvalue weighted by Gasteiger charge is 2.24. The molecule has 5 nitrogen and oxygen atoms in total. The number of aromatic nitrogens is 1. The van der Waals surface area contributed by atoms with E-state index in [2.05, 4.69) is 35.3 Å². The number of aryl methyl sites for hydroxylation is 1. The van der Waals surface area contributed by atoms with E-state index in [1.165, 1.54) is 0 Å². The summed E-state index contributed by atoms with van der Waals surface area (Å²) in [6.07, 6.45) is 5.32. The molecule has 1 aromatic heterocycles. The first-order valence-corrected chi connectivity index (χ1v) is 12.8. The SMILES string of the molecule is Cc1ccc(NC(=O)c2csc(C3CCN(CCCCCO)CC3)n2)c(-c2ccccc2)c1. The zero-order valence-electron chi connectivity index (χ0n) is 19.3. The van der Waals surface area contributed by atoms with Gasteiger partial charge in [-0.1, -0.05) is 42.0 Å². The van der Waals surface area contributed by atoms with Crippen molar-refractivity contribution in [2.45, 2.75) is 44.9 Å². The molecule has 0 radical (unpaired) electrons. The largest absolute Gasteiger partial charge is 0.396 e. The van der Waals surface area contributed by atoms with Crippen LogP contribution in [0.15, 0.2) is 53.9 Å². The third kappa shape index (κ3) is 6.28. The Morgan fingerprint density at radius 3 is 2.67 bits per heavy atom. The maximum absolute atomic E-state index is 13.0. The highest BCUT2D eigenvalue weighted by atomic mass is 32.1. The molecule has 0 aliphatic carbocycles. The third-order valence-electron chi connectivity index (χ3n) is 6.33. The molecule has 33 heavy (non-hydrogen) atoms. The van der Waals surface area contributed by atoms with Gasteiger partial charge in [-0.25, -0.2) is 4.98 Å². The summed E-state index contributed by atoms with van der Waals surface area (Å²) in [4.78, 5) is 20.2. The predicted molar refractivity (Wildman–Crippen MR) is 136 cm³/mol. The van der Waals surface area contributed by atoms with Gasteiger partial charge in [0.2, 0.25) is 0 Å². The van der Waals surface area contributed by atoms with Crippen molar-refractivity contribution < 1.29 is 9.90 Å². The van der Waals surface area contributed by atoms with Gasteiger partial charge in [-0.2, -0.15) is 0 Å². The Balaban J connectivity index is 1.37. The Hall–Kier alpha value is -2.54. The second-order valence-electron chi connectivity index (χ2n) is 8.84. The Labute approximate surface area is 200 Å². The minimum absolute atomic E-state index is 0.153. The second kappa shape index (κ2) is 11.5. The number of unbranched alkanes of at least 4 members (excludes halogenated alkanes) is 2. The third-order valence-corrected chi connectivity index (χ3v) is 7.34. The smallest absolute Gasteiger partial charge is 0.275 e. The average Bonchev–Trinajstić information content (AvgIpc) is 3.34. The summed E-state index contributed by atoms with van der Waals surface area (Å²) in [7, 11) is 0. The summed E-state index contributed by atoms with van der Waals surface area (Å²) >= 11 is 1.61. The van der Waals surface area contributed by atoms with Crippen LogP contribution < -0.4 is 5.32 Å². The molecule has 2 aromatic carbocycles. The fourth-order valence-corrected chi connectivity index (χ4v) is 5.39. The van der Waals surface area contributed by atoms with E-state index in [0.29, 0.717) is 18.2 Å². The van der Waals surface area contributed by atoms with Gasteiger partial charge in [0, 0.05) is 29.2 Å². The highest BCUT2D eigenvalue weighted by molar-refractivity contribution is 7.10. The highest BCUT2D eigenvalue weighted by Crippen LogP contribution is 2.32. The molecule has 0 bridgehead atoms. The van der Waals surface area contributed by atoms with Crippen molar-refractivity contribution in [1.29, 1.82) is 0 Å². The normalized spacial score (nSPS) is 15.0. The number of thiazole rings is 1. The van der Waals surface area contributed by atoms with Crippen molar-refractivity contribution in [3.8, 4) is 11.1 Å². The molecule has 1 aliphatic rings. The molecule has 1 saturated heterocycles. The lowest BCUT2D eigenvalue weighted by Gasteiger charge is -2.31. The van der Waals surface area contributed by atoms with Gasteiger partial charge < -0.3 is 15.3 Å². The molecule has 3 aromatic rings. The van der Waals surface area contributed by atoms with Gasteiger partial charge in [0.1, 0.15) is 5.69 Å². The van der Waals surface area contributed by atoms with Crippen LogP contribution >= 0.6 is 11.3 Å². The van der Waals surface area contributed by atoms with Crippen molar-refractivity contribution in [3.05, 3.63) is 70.2 Å². The van der Waals surface area contributed by atoms with Crippen molar-refractivity contribution in [1.82, 2.24) is 9.88 Å². The molecule has 1 aliphatic heterocycles. The summed E-state index contributed by atoms with van der Waals surface area (Å²) in [5, 5.41) is 15.0. The maximum Gasteiger partial charge on any atom is 0.275 e. The molecule has 0 atom stereocenters. The summed E-state index contributed by atoms with van der Waals surface area (Å²) < 4.78 is 0. The van der Waals surface area contributed by atoms with Gasteiger partial charge >= 0.3 is 0 Å². The molecule has 4 rings (SSSR count). The number of rotatable bonds is 9. The number of benzene rings is 2. The molecule has 0 unspecified atom stereocenters. The fraction of sp³-hybridized carbons (Fsp3) is 0.407. The van der Waals surface area contributed by atoms with E-state index in [1.54, 1.807) is 11.3 Å². The monoisotopic (exact) mass is 463 g/mol. The van der Waals surface area contributed by atoms with Gasteiger partial charge in [-0.15, -0.1) is 11.3 Å². The van der Waals surface area contributed by atoms with Crippen LogP contribution in [0.3, 0.4) is 0 Å². The Bertz CT molecular complexity index is 1040. The van der Waals surface area contributed by atoms with E-state index in [9.17, 15) is 4.79 Å². The van der Waals surface area contributed by atoms with E-state index in [1.807, 2.05) is 35.7 Å². The van der Waals surface area contributed by atoms with Crippen LogP contribution in [0.5, 0.6) is 0 Å². The number of hydrogen-bond donors (Lipinski definition) is 2. The number of nitrogens with one attached hydrogen (secondary N) is 1. The average molecular weight is 464 g/mol. The molecule has 6 heteroatoms. The molecule has 0 saturated carbocycles. The summed E-state index contributed by atoms with van der Waals surface area (Å²) in [6.45, 7) is 5.62. The van der Waals surface area contributed by atoms with Gasteiger partial charge in [-0.3, -0.25) is 4.79 Å². The summed E-state index contributed by atoms with van der Waals surface area (Å²) in [5.74, 6) is 0.282. The molecule has 0 spiro atoms. The standard InChI is InChI=1S/C27H33N3O2S/c1-20-10-11-24(23(18-20)21-8-4-2-5-9-21)28-26(32)25-19-33-27(29-25)22-12-15-30(16-13-22)14-6-3-7-17-31/h2,4-5,8-11,18-19,22,31H,3,6-7,12-17H2,1H3,(H,28,32). The van der Waals surface area contributed by atoms with E-state index in [-0.39, 0.29) is 5.91 Å². The first-order chi connectivity index (χ1) is 16.1. The number of carbonyl (C=O) groups is 1. The number of anilines is 1. The van der Waals surface area contributed by atoms with Crippen LogP contribution in [-0.4, -0.2) is 47.1 Å². The second-order valence-corrected chi connectivity index (χ2v) is 9.73. The number of likely N-dealkylation sites (tertiary alicyclic amines) is 1. The van der Waals surface area contributed by atoms with Crippen LogP contribution in [0.2, 0.25) is 0 Å². The number of carbonyl (C=O) groups excluding carboxylic acids is 1. The summed E-state index contributed by atoms with van der Waals surface area (Å²) in [6, 6.07) is 16.2. The van der Waals surface area contributed by atoms with Crippen molar-refractivity contribution in [2.75, 3.05) is 31.6 Å². The van der Waals surface area contributed by atoms with Crippen LogP contribution in [0.4, 0.5) is 5.69 Å². The number of hydrogen-bond acceptors (Lipinski definition) is 5. The van der Waals surface area contributed by atoms with Crippen molar-refractivity contribution >= 4 is 22.9 Å². The quantitative estimate of drug-likeness (QED) is 0.399. The molecule has 2 heterocycles. The topological polar surface area (TPSA) is 65.5 Å². The number of amides is 1. The Morgan fingerprint density at radius 2 is 1.91 bits per heavy atom. The van der Waals surface area contributed by atoms with Crippen LogP contribution in [0.1, 0.15) is 59.1 Å². The summed E-state index contributed by atoms with van der Waals surface area (Å²) in [5.41, 5.74) is 4.56. The fourth-order valence-electron chi connectivity index (χ4n) is 4.42. The van der Waals surface area contributed by atoms with Crippen molar-refractivity contribution in [2.24, 2.45) is 0 Å². The number of aliphatic hydroxyl groups excluding tert-OH is 1. The first kappa shape index (κ1) is 23.6. The Kier molecular flexibility index (Phi) is 8.26. The molecule has 1 amide bonds. The molecule has 174 valence electrons. The number of aliphatic hydroxyl groups is 1. The van der Waals surface area contributed by atoms with Gasteiger partial charge in [-0.05, 0) is 76.4 Å². The van der Waals surface area contributed by atoms with E-state index in [0.717, 1.165) is 79.1 Å². The minimum atomic E-state index is -0.153. The van der Waals surface area contributed by atoms with Gasteiger partial charge in [0.25, 0.3) is 5.91 Å². The Morgan fingerprint density at radius 1 is 1.12 bits per heavy atom. The number of nitrogens with zero attached hydrogens (tertiary/aromatic N) is 2. The van der Waals surface area contributed by atoms with E-state index < -0.39 is 0 Å². The lowest BCUT2D eigenvalue weighted by molar-refractivity contribution is 0.102. The minimum Gasteiger partial charge on any atom is -0.396 e. The van der Waals surface area contributed by atoms with Crippen molar-refractivity contribution in [3.63, 3.8) is 0 Å². The zero-order valence-corrected chi connectivity index (χ0v) is 20.1. The molecular formula is C27H33N3O2S.